The summed E-state index contributed by atoms with van der Waals surface area (Å²) in [5.41, 5.74) is 4.60. The van der Waals surface area contributed by atoms with Crippen LogP contribution < -0.4 is 15.0 Å². The number of thioether (sulfide) groups is 1. The van der Waals surface area contributed by atoms with Crippen LogP contribution >= 0.6 is 11.8 Å². The fourth-order valence-electron chi connectivity index (χ4n) is 3.78. The van der Waals surface area contributed by atoms with E-state index < -0.39 is 0 Å². The van der Waals surface area contributed by atoms with E-state index in [-0.39, 0.29) is 17.2 Å². The van der Waals surface area contributed by atoms with Crippen molar-refractivity contribution in [3.8, 4) is 11.5 Å². The number of benzene rings is 2. The number of carbonyl (C=O) groups excluding carboxylic acids is 1. The largest absolute Gasteiger partial charge is 0.493 e. The third-order valence-electron chi connectivity index (χ3n) is 5.95. The minimum Gasteiger partial charge on any atom is -0.493 e. The number of carbonyl (C=O) groups is 1. The number of hydrogen-bond donors (Lipinski definition) is 0. The van der Waals surface area contributed by atoms with Gasteiger partial charge in [0.15, 0.2) is 16.7 Å². The number of nitrogens with zero attached hydrogens (tertiary/aromatic N) is 3. The van der Waals surface area contributed by atoms with E-state index >= 15 is 0 Å². The molecule has 0 aliphatic heterocycles. The van der Waals surface area contributed by atoms with Crippen molar-refractivity contribution in [1.29, 1.82) is 0 Å². The molecule has 0 unspecified atom stereocenters. The Morgan fingerprint density at radius 1 is 1.06 bits per heavy atom. The zero-order chi connectivity index (χ0) is 25.5. The number of methoxy groups -OCH3 is 2. The molecular formula is C27H33N3O4S. The Labute approximate surface area is 211 Å². The van der Waals surface area contributed by atoms with Crippen molar-refractivity contribution in [3.05, 3.63) is 80.8 Å². The normalized spacial score (nSPS) is 10.8. The zero-order valence-electron chi connectivity index (χ0n) is 21.3. The highest BCUT2D eigenvalue weighted by atomic mass is 32.2. The molecule has 0 saturated heterocycles. The minimum absolute atomic E-state index is 0.0220. The molecule has 0 atom stereocenters. The van der Waals surface area contributed by atoms with Crippen molar-refractivity contribution >= 4 is 17.7 Å². The Morgan fingerprint density at radius 2 is 1.80 bits per heavy atom. The molecule has 35 heavy (non-hydrogen) atoms. The van der Waals surface area contributed by atoms with Crippen LogP contribution in [-0.4, -0.2) is 53.9 Å². The fraction of sp³-hybridized carbons (Fsp3) is 0.370. The molecule has 0 bridgehead atoms. The summed E-state index contributed by atoms with van der Waals surface area (Å²) in [4.78, 5) is 32.1. The maximum absolute atomic E-state index is 13.0. The second-order valence-corrected chi connectivity index (χ2v) is 9.47. The standard InChI is InChI=1S/C27H33N3O4S/c1-18-8-7-9-21(14-18)15-22-19(2)28-27(30(4)26(22)32)35-17-25(31)29(3)13-12-20-10-11-23(33-5)24(16-20)34-6/h7-11,14,16H,12-13,15,17H2,1-6H3. The third kappa shape index (κ3) is 6.66. The van der Waals surface area contributed by atoms with Gasteiger partial charge in [-0.25, -0.2) is 4.98 Å². The zero-order valence-corrected chi connectivity index (χ0v) is 22.1. The van der Waals surface area contributed by atoms with E-state index in [2.05, 4.69) is 11.1 Å². The van der Waals surface area contributed by atoms with E-state index in [1.54, 1.807) is 37.8 Å². The number of aryl methyl sites for hydroxylation is 2. The predicted molar refractivity (Wildman–Crippen MR) is 140 cm³/mol. The average molecular weight is 496 g/mol. The first-order valence-corrected chi connectivity index (χ1v) is 12.4. The first-order chi connectivity index (χ1) is 16.7. The smallest absolute Gasteiger partial charge is 0.257 e. The molecule has 0 saturated carbocycles. The number of aromatic nitrogens is 2. The summed E-state index contributed by atoms with van der Waals surface area (Å²) in [6, 6.07) is 13.9. The van der Waals surface area contributed by atoms with Gasteiger partial charge in [-0.3, -0.25) is 14.2 Å². The van der Waals surface area contributed by atoms with E-state index in [1.165, 1.54) is 11.8 Å². The van der Waals surface area contributed by atoms with Crippen LogP contribution in [0, 0.1) is 13.8 Å². The fourth-order valence-corrected chi connectivity index (χ4v) is 4.73. The lowest BCUT2D eigenvalue weighted by atomic mass is 10.0. The summed E-state index contributed by atoms with van der Waals surface area (Å²) in [6.07, 6.45) is 1.23. The van der Waals surface area contributed by atoms with Gasteiger partial charge in [-0.05, 0) is 43.5 Å². The summed E-state index contributed by atoms with van der Waals surface area (Å²) in [5, 5.41) is 0.544. The topological polar surface area (TPSA) is 73.7 Å². The van der Waals surface area contributed by atoms with Gasteiger partial charge in [0.2, 0.25) is 5.91 Å². The maximum atomic E-state index is 13.0. The van der Waals surface area contributed by atoms with Crippen LogP contribution in [-0.2, 0) is 24.7 Å². The van der Waals surface area contributed by atoms with Crippen LogP contribution in [0.25, 0.3) is 0 Å². The van der Waals surface area contributed by atoms with Crippen molar-refractivity contribution in [2.24, 2.45) is 7.05 Å². The SMILES string of the molecule is COc1ccc(CCN(C)C(=O)CSc2nc(C)c(Cc3cccc(C)c3)c(=O)n2C)cc1OC. The molecule has 0 aliphatic rings. The molecule has 3 aromatic rings. The Hall–Kier alpha value is -3.26. The summed E-state index contributed by atoms with van der Waals surface area (Å²) in [5.74, 6) is 1.53. The molecule has 1 aromatic heterocycles. The van der Waals surface area contributed by atoms with Gasteiger partial charge < -0.3 is 14.4 Å². The molecule has 1 heterocycles. The van der Waals surface area contributed by atoms with Crippen molar-refractivity contribution in [1.82, 2.24) is 14.5 Å². The summed E-state index contributed by atoms with van der Waals surface area (Å²) < 4.78 is 12.2. The number of ether oxygens (including phenoxy) is 2. The monoisotopic (exact) mass is 495 g/mol. The van der Waals surface area contributed by atoms with Crippen molar-refractivity contribution < 1.29 is 14.3 Å². The molecule has 3 rings (SSSR count). The second kappa shape index (κ2) is 11.9. The van der Waals surface area contributed by atoms with Gasteiger partial charge in [0, 0.05) is 38.3 Å². The third-order valence-corrected chi connectivity index (χ3v) is 6.96. The van der Waals surface area contributed by atoms with E-state index in [0.717, 1.165) is 16.7 Å². The maximum Gasteiger partial charge on any atom is 0.257 e. The average Bonchev–Trinajstić information content (AvgIpc) is 2.86. The molecule has 186 valence electrons. The van der Waals surface area contributed by atoms with Gasteiger partial charge in [-0.15, -0.1) is 0 Å². The van der Waals surface area contributed by atoms with Crippen molar-refractivity contribution in [3.63, 3.8) is 0 Å². The lowest BCUT2D eigenvalue weighted by Crippen LogP contribution is -2.31. The van der Waals surface area contributed by atoms with Gasteiger partial charge in [0.25, 0.3) is 5.56 Å². The minimum atomic E-state index is -0.0734. The molecule has 1 amide bonds. The molecular weight excluding hydrogens is 462 g/mol. The van der Waals surface area contributed by atoms with Crippen molar-refractivity contribution in [2.45, 2.75) is 31.8 Å². The van der Waals surface area contributed by atoms with Crippen LogP contribution in [0.3, 0.4) is 0 Å². The molecule has 2 aromatic carbocycles. The van der Waals surface area contributed by atoms with Gasteiger partial charge in [0.05, 0.1) is 20.0 Å². The lowest BCUT2D eigenvalue weighted by molar-refractivity contribution is -0.127. The quantitative estimate of drug-likeness (QED) is 0.315. The van der Waals surface area contributed by atoms with Crippen LogP contribution in [0.1, 0.15) is 27.9 Å². The van der Waals surface area contributed by atoms with Gasteiger partial charge in [-0.2, -0.15) is 0 Å². The highest BCUT2D eigenvalue weighted by Gasteiger charge is 2.16. The Morgan fingerprint density at radius 3 is 2.49 bits per heavy atom. The summed E-state index contributed by atoms with van der Waals surface area (Å²) in [6.45, 7) is 4.46. The first-order valence-electron chi connectivity index (χ1n) is 11.4. The molecule has 0 aliphatic carbocycles. The van der Waals surface area contributed by atoms with Gasteiger partial charge >= 0.3 is 0 Å². The van der Waals surface area contributed by atoms with Gasteiger partial charge in [0.1, 0.15) is 0 Å². The van der Waals surface area contributed by atoms with E-state index in [0.29, 0.717) is 47.3 Å². The van der Waals surface area contributed by atoms with E-state index in [9.17, 15) is 9.59 Å². The first kappa shape index (κ1) is 26.3. The number of rotatable bonds is 10. The molecule has 0 spiro atoms. The molecule has 0 radical (unpaired) electrons. The Balaban J connectivity index is 1.61. The van der Waals surface area contributed by atoms with Crippen LogP contribution in [0.5, 0.6) is 11.5 Å². The van der Waals surface area contributed by atoms with E-state index in [1.807, 2.05) is 50.2 Å². The highest BCUT2D eigenvalue weighted by molar-refractivity contribution is 7.99. The second-order valence-electron chi connectivity index (χ2n) is 8.53. The summed E-state index contributed by atoms with van der Waals surface area (Å²) in [7, 11) is 6.70. The molecule has 7 nitrogen and oxygen atoms in total. The van der Waals surface area contributed by atoms with Crippen LogP contribution in [0.2, 0.25) is 0 Å². The Bertz CT molecular complexity index is 1260. The van der Waals surface area contributed by atoms with Crippen LogP contribution in [0.15, 0.2) is 52.4 Å². The van der Waals surface area contributed by atoms with Gasteiger partial charge in [-0.1, -0.05) is 47.7 Å². The predicted octanol–water partition coefficient (Wildman–Crippen LogP) is 3.80. The number of hydrogen-bond acceptors (Lipinski definition) is 6. The summed E-state index contributed by atoms with van der Waals surface area (Å²) >= 11 is 1.29. The number of likely N-dealkylation sites (N-methyl/N-ethyl adjacent to an activating group) is 1. The van der Waals surface area contributed by atoms with Crippen LogP contribution in [0.4, 0.5) is 0 Å². The molecule has 0 fully saturated rings. The molecule has 0 N–H and O–H groups in total. The highest BCUT2D eigenvalue weighted by Crippen LogP contribution is 2.27. The van der Waals surface area contributed by atoms with E-state index in [4.69, 9.17) is 9.47 Å². The Kier molecular flexibility index (Phi) is 8.98. The molecule has 8 heteroatoms. The van der Waals surface area contributed by atoms with Crippen molar-refractivity contribution in [2.75, 3.05) is 33.6 Å². The lowest BCUT2D eigenvalue weighted by Gasteiger charge is -2.18. The number of amides is 1.